The fourth-order valence-corrected chi connectivity index (χ4v) is 2.53. The molecule has 0 aliphatic rings. The number of benzene rings is 1. The molecule has 0 radical (unpaired) electrons. The number of nitrogens with two attached hydrogens (primary N) is 1. The molecule has 0 unspecified atom stereocenters. The molecule has 0 spiro atoms. The predicted molar refractivity (Wildman–Crippen MR) is 106 cm³/mol. The Hall–Kier alpha value is -2.93. The van der Waals surface area contributed by atoms with Gasteiger partial charge in [-0.1, -0.05) is 31.2 Å². The van der Waals surface area contributed by atoms with Crippen LogP contribution in [0.3, 0.4) is 0 Å². The van der Waals surface area contributed by atoms with E-state index in [9.17, 15) is 9.18 Å². The predicted octanol–water partition coefficient (Wildman–Crippen LogP) is 3.61. The minimum absolute atomic E-state index is 0.0108. The number of anilines is 1. The molecule has 3 N–H and O–H groups in total. The van der Waals surface area contributed by atoms with Crippen LogP contribution in [0, 0.1) is 5.82 Å². The molecule has 0 saturated carbocycles. The number of amides is 1. The first-order chi connectivity index (χ1) is 13.6. The Kier molecular flexibility index (Phi) is 8.42. The minimum atomic E-state index is -0.483. The lowest BCUT2D eigenvalue weighted by molar-refractivity contribution is 0.0951. The van der Waals surface area contributed by atoms with Crippen LogP contribution in [0.4, 0.5) is 10.2 Å². The van der Waals surface area contributed by atoms with Crippen LogP contribution >= 0.6 is 0 Å². The van der Waals surface area contributed by atoms with Gasteiger partial charge < -0.3 is 20.5 Å². The van der Waals surface area contributed by atoms with E-state index in [-0.39, 0.29) is 23.7 Å². The first-order valence-electron chi connectivity index (χ1n) is 9.14. The fraction of sp³-hybridized carbons (Fsp3) is 0.333. The van der Waals surface area contributed by atoms with E-state index in [1.807, 2.05) is 19.1 Å². The van der Waals surface area contributed by atoms with Gasteiger partial charge in [0.2, 0.25) is 0 Å². The summed E-state index contributed by atoms with van der Waals surface area (Å²) in [6, 6.07) is 8.10. The lowest BCUT2D eigenvalue weighted by atomic mass is 10.1. The first-order valence-corrected chi connectivity index (χ1v) is 9.14. The molecule has 1 aromatic heterocycles. The van der Waals surface area contributed by atoms with Gasteiger partial charge in [0.05, 0.1) is 24.5 Å². The number of methoxy groups -OCH3 is 1. The van der Waals surface area contributed by atoms with E-state index in [1.54, 1.807) is 37.4 Å². The summed E-state index contributed by atoms with van der Waals surface area (Å²) in [5.74, 6) is -0.639. The van der Waals surface area contributed by atoms with Gasteiger partial charge in [-0.05, 0) is 31.0 Å². The summed E-state index contributed by atoms with van der Waals surface area (Å²) in [4.78, 5) is 16.5. The molecule has 0 atom stereocenters. The largest absolute Gasteiger partial charge is 0.490 e. The van der Waals surface area contributed by atoms with E-state index in [0.29, 0.717) is 30.9 Å². The molecule has 0 bridgehead atoms. The van der Waals surface area contributed by atoms with Crippen LogP contribution < -0.4 is 15.8 Å². The molecule has 1 aromatic carbocycles. The van der Waals surface area contributed by atoms with Crippen molar-refractivity contribution in [1.82, 2.24) is 10.3 Å². The second-order valence-corrected chi connectivity index (χ2v) is 6.10. The molecule has 0 aliphatic heterocycles. The maximum absolute atomic E-state index is 14.6. The van der Waals surface area contributed by atoms with Crippen LogP contribution in [-0.2, 0) is 17.9 Å². The summed E-state index contributed by atoms with van der Waals surface area (Å²) < 4.78 is 25.0. The van der Waals surface area contributed by atoms with Crippen molar-refractivity contribution in [3.8, 4) is 5.75 Å². The number of aromatic nitrogens is 1. The number of hydrogen-bond donors (Lipinski definition) is 2. The van der Waals surface area contributed by atoms with Gasteiger partial charge in [0, 0.05) is 19.2 Å². The molecule has 0 aliphatic carbocycles. The number of hydrogen-bond acceptors (Lipinski definition) is 5. The summed E-state index contributed by atoms with van der Waals surface area (Å²) in [5.41, 5.74) is 7.03. The zero-order valence-electron chi connectivity index (χ0n) is 16.2. The highest BCUT2D eigenvalue weighted by molar-refractivity contribution is 5.98. The second kappa shape index (κ2) is 11.0. The van der Waals surface area contributed by atoms with Crippen LogP contribution in [0.15, 0.2) is 42.5 Å². The molecule has 0 saturated heterocycles. The van der Waals surface area contributed by atoms with Crippen LogP contribution in [0.2, 0.25) is 0 Å². The molecule has 1 heterocycles. The van der Waals surface area contributed by atoms with E-state index >= 15 is 0 Å². The summed E-state index contributed by atoms with van der Waals surface area (Å²) >= 11 is 0. The topological polar surface area (TPSA) is 86.5 Å². The SMILES string of the molecule is CC/C=C/CCOc1cccc(CNC(=O)c2ccc(COC)nc2N)c1F. The Morgan fingerprint density at radius 2 is 2.11 bits per heavy atom. The summed E-state index contributed by atoms with van der Waals surface area (Å²) in [7, 11) is 1.55. The normalized spacial score (nSPS) is 11.0. The van der Waals surface area contributed by atoms with Crippen molar-refractivity contribution >= 4 is 11.7 Å². The van der Waals surface area contributed by atoms with E-state index in [2.05, 4.69) is 10.3 Å². The molecular weight excluding hydrogens is 361 g/mol. The summed E-state index contributed by atoms with van der Waals surface area (Å²) in [6.45, 7) is 2.75. The lowest BCUT2D eigenvalue weighted by Gasteiger charge is -2.11. The third-order valence-electron chi connectivity index (χ3n) is 3.95. The number of rotatable bonds is 10. The molecule has 7 heteroatoms. The molecule has 0 fully saturated rings. The molecule has 150 valence electrons. The highest BCUT2D eigenvalue weighted by Gasteiger charge is 2.14. The van der Waals surface area contributed by atoms with Crippen LogP contribution in [0.1, 0.15) is 41.4 Å². The van der Waals surface area contributed by atoms with Crippen molar-refractivity contribution in [3.05, 3.63) is 65.1 Å². The monoisotopic (exact) mass is 387 g/mol. The molecular formula is C21H26FN3O3. The van der Waals surface area contributed by atoms with Gasteiger partial charge in [-0.3, -0.25) is 4.79 Å². The van der Waals surface area contributed by atoms with Crippen molar-refractivity contribution in [2.75, 3.05) is 19.5 Å². The van der Waals surface area contributed by atoms with Crippen LogP contribution in [0.5, 0.6) is 5.75 Å². The van der Waals surface area contributed by atoms with E-state index in [1.165, 1.54) is 0 Å². The fourth-order valence-electron chi connectivity index (χ4n) is 2.53. The van der Waals surface area contributed by atoms with Gasteiger partial charge in [-0.2, -0.15) is 0 Å². The standard InChI is InChI=1S/C21H26FN3O3/c1-3-4-5-6-12-28-18-9-7-8-15(19(18)22)13-24-21(26)17-11-10-16(14-27-2)25-20(17)23/h4-5,7-11H,3,6,12-14H2,1-2H3,(H2,23,25)(H,24,26)/b5-4+. The first kappa shape index (κ1) is 21.4. The average Bonchev–Trinajstić information content (AvgIpc) is 2.68. The third-order valence-corrected chi connectivity index (χ3v) is 3.95. The second-order valence-electron chi connectivity index (χ2n) is 6.10. The number of nitrogen functional groups attached to an aromatic ring is 1. The number of carbonyl (C=O) groups excluding carboxylic acids is 1. The van der Waals surface area contributed by atoms with Gasteiger partial charge in [0.1, 0.15) is 5.82 Å². The van der Waals surface area contributed by atoms with Gasteiger partial charge >= 0.3 is 0 Å². The molecule has 2 rings (SSSR count). The third kappa shape index (κ3) is 6.06. The van der Waals surface area contributed by atoms with Gasteiger partial charge in [-0.25, -0.2) is 9.37 Å². The van der Waals surface area contributed by atoms with Crippen LogP contribution in [0.25, 0.3) is 0 Å². The average molecular weight is 387 g/mol. The Labute approximate surface area is 164 Å². The van der Waals surface area contributed by atoms with Gasteiger partial charge in [-0.15, -0.1) is 0 Å². The van der Waals surface area contributed by atoms with Crippen molar-refractivity contribution in [1.29, 1.82) is 0 Å². The zero-order chi connectivity index (χ0) is 20.4. The number of allylic oxidation sites excluding steroid dienone is 1. The molecule has 28 heavy (non-hydrogen) atoms. The lowest BCUT2D eigenvalue weighted by Crippen LogP contribution is -2.25. The highest BCUT2D eigenvalue weighted by atomic mass is 19.1. The summed E-state index contributed by atoms with van der Waals surface area (Å²) in [5, 5.41) is 2.66. The molecule has 6 nitrogen and oxygen atoms in total. The van der Waals surface area contributed by atoms with Crippen molar-refractivity contribution < 1.29 is 18.7 Å². The van der Waals surface area contributed by atoms with E-state index in [0.717, 1.165) is 6.42 Å². The Morgan fingerprint density at radius 3 is 2.82 bits per heavy atom. The maximum Gasteiger partial charge on any atom is 0.255 e. The quantitative estimate of drug-likeness (QED) is 0.480. The maximum atomic E-state index is 14.6. The molecule has 1 amide bonds. The van der Waals surface area contributed by atoms with E-state index in [4.69, 9.17) is 15.2 Å². The Bertz CT molecular complexity index is 825. The van der Waals surface area contributed by atoms with Crippen molar-refractivity contribution in [2.24, 2.45) is 0 Å². The number of pyridine rings is 1. The summed E-state index contributed by atoms with van der Waals surface area (Å²) in [6.07, 6.45) is 5.70. The minimum Gasteiger partial charge on any atom is -0.490 e. The number of ether oxygens (including phenoxy) is 2. The number of halogens is 1. The number of carbonyl (C=O) groups is 1. The highest BCUT2D eigenvalue weighted by Crippen LogP contribution is 2.21. The molecule has 2 aromatic rings. The van der Waals surface area contributed by atoms with Crippen LogP contribution in [-0.4, -0.2) is 24.6 Å². The number of nitrogens with zero attached hydrogens (tertiary/aromatic N) is 1. The Balaban J connectivity index is 1.97. The van der Waals surface area contributed by atoms with Gasteiger partial charge in [0.15, 0.2) is 11.6 Å². The van der Waals surface area contributed by atoms with Gasteiger partial charge in [0.25, 0.3) is 5.91 Å². The van der Waals surface area contributed by atoms with Crippen molar-refractivity contribution in [3.63, 3.8) is 0 Å². The Morgan fingerprint density at radius 1 is 1.29 bits per heavy atom. The van der Waals surface area contributed by atoms with E-state index < -0.39 is 11.7 Å². The smallest absolute Gasteiger partial charge is 0.255 e. The van der Waals surface area contributed by atoms with Crippen molar-refractivity contribution in [2.45, 2.75) is 32.9 Å². The number of nitrogens with one attached hydrogen (secondary N) is 1. The zero-order valence-corrected chi connectivity index (χ0v) is 16.2.